The van der Waals surface area contributed by atoms with E-state index in [4.69, 9.17) is 5.11 Å². The van der Waals surface area contributed by atoms with Gasteiger partial charge >= 0.3 is 5.97 Å². The Hall–Kier alpha value is -3.13. The Labute approximate surface area is 151 Å². The first-order valence-corrected chi connectivity index (χ1v) is 9.22. The summed E-state index contributed by atoms with van der Waals surface area (Å²) < 4.78 is 27.4. The van der Waals surface area contributed by atoms with Crippen LogP contribution in [-0.2, 0) is 19.6 Å². The molecular formula is C18H18N2O5S. The van der Waals surface area contributed by atoms with Crippen molar-refractivity contribution >= 4 is 39.4 Å². The SMILES string of the molecule is CCC(=O)Nc1ccc(NS(=O)(=O)c2cccc(/C=C/C(=O)O)c2)cc1. The van der Waals surface area contributed by atoms with Crippen molar-refractivity contribution in [2.45, 2.75) is 18.2 Å². The first-order valence-electron chi connectivity index (χ1n) is 7.74. The van der Waals surface area contributed by atoms with E-state index in [0.29, 0.717) is 23.4 Å². The van der Waals surface area contributed by atoms with Crippen LogP contribution in [0.3, 0.4) is 0 Å². The van der Waals surface area contributed by atoms with Gasteiger partial charge in [-0.05, 0) is 48.0 Å². The molecule has 0 heterocycles. The first-order chi connectivity index (χ1) is 12.3. The molecule has 0 spiro atoms. The zero-order valence-corrected chi connectivity index (χ0v) is 14.8. The normalized spacial score (nSPS) is 11.3. The van der Waals surface area contributed by atoms with Gasteiger partial charge in [-0.1, -0.05) is 19.1 Å². The minimum atomic E-state index is -3.83. The van der Waals surface area contributed by atoms with Gasteiger partial charge in [-0.3, -0.25) is 9.52 Å². The van der Waals surface area contributed by atoms with Crippen LogP contribution in [0.25, 0.3) is 6.08 Å². The maximum atomic E-state index is 12.5. The average molecular weight is 374 g/mol. The van der Waals surface area contributed by atoms with Crippen molar-refractivity contribution < 1.29 is 23.1 Å². The second kappa shape index (κ2) is 8.30. The lowest BCUT2D eigenvalue weighted by Gasteiger charge is -2.10. The monoisotopic (exact) mass is 374 g/mol. The number of carboxylic acid groups (broad SMARTS) is 1. The number of anilines is 2. The van der Waals surface area contributed by atoms with Crippen LogP contribution < -0.4 is 10.0 Å². The molecule has 0 fully saturated rings. The molecule has 0 aromatic heterocycles. The zero-order valence-electron chi connectivity index (χ0n) is 14.0. The van der Waals surface area contributed by atoms with Gasteiger partial charge in [0.05, 0.1) is 4.90 Å². The Morgan fingerprint density at radius 1 is 1.08 bits per heavy atom. The fraction of sp³-hybridized carbons (Fsp3) is 0.111. The fourth-order valence-electron chi connectivity index (χ4n) is 2.04. The second-order valence-electron chi connectivity index (χ2n) is 5.33. The number of amides is 1. The third-order valence-corrected chi connectivity index (χ3v) is 4.71. The minimum absolute atomic E-state index is 0.00778. The van der Waals surface area contributed by atoms with Crippen LogP contribution in [0.2, 0.25) is 0 Å². The second-order valence-corrected chi connectivity index (χ2v) is 7.01. The number of sulfonamides is 1. The molecule has 2 rings (SSSR count). The number of hydrogen-bond acceptors (Lipinski definition) is 4. The van der Waals surface area contributed by atoms with Gasteiger partial charge in [0.25, 0.3) is 10.0 Å². The molecule has 0 bridgehead atoms. The predicted molar refractivity (Wildman–Crippen MR) is 99.3 cm³/mol. The summed E-state index contributed by atoms with van der Waals surface area (Å²) in [4.78, 5) is 21.9. The number of carboxylic acids is 1. The first kappa shape index (κ1) is 19.2. The molecule has 8 heteroatoms. The van der Waals surface area contributed by atoms with Gasteiger partial charge in [-0.25, -0.2) is 13.2 Å². The van der Waals surface area contributed by atoms with Crippen molar-refractivity contribution in [1.29, 1.82) is 0 Å². The molecule has 0 radical (unpaired) electrons. The van der Waals surface area contributed by atoms with Gasteiger partial charge < -0.3 is 10.4 Å². The minimum Gasteiger partial charge on any atom is -0.478 e. The summed E-state index contributed by atoms with van der Waals surface area (Å²) in [5.41, 5.74) is 1.36. The number of aliphatic carboxylic acids is 1. The maximum Gasteiger partial charge on any atom is 0.328 e. The van der Waals surface area contributed by atoms with E-state index in [2.05, 4.69) is 10.0 Å². The quantitative estimate of drug-likeness (QED) is 0.645. The maximum absolute atomic E-state index is 12.5. The topological polar surface area (TPSA) is 113 Å². The third-order valence-electron chi connectivity index (χ3n) is 3.33. The highest BCUT2D eigenvalue weighted by Gasteiger charge is 2.14. The molecule has 1 amide bonds. The third kappa shape index (κ3) is 5.45. The summed E-state index contributed by atoms with van der Waals surface area (Å²) in [5.74, 6) is -1.25. The molecule has 7 nitrogen and oxygen atoms in total. The van der Waals surface area contributed by atoms with E-state index in [9.17, 15) is 18.0 Å². The van der Waals surface area contributed by atoms with Crippen LogP contribution >= 0.6 is 0 Å². The Balaban J connectivity index is 2.17. The molecule has 0 aliphatic rings. The highest BCUT2D eigenvalue weighted by molar-refractivity contribution is 7.92. The molecule has 0 saturated carbocycles. The van der Waals surface area contributed by atoms with Crippen LogP contribution in [0.1, 0.15) is 18.9 Å². The lowest BCUT2D eigenvalue weighted by Crippen LogP contribution is -2.13. The fourth-order valence-corrected chi connectivity index (χ4v) is 3.15. The summed E-state index contributed by atoms with van der Waals surface area (Å²) in [6.07, 6.45) is 2.59. The van der Waals surface area contributed by atoms with E-state index in [0.717, 1.165) is 6.08 Å². The summed E-state index contributed by atoms with van der Waals surface area (Å²) >= 11 is 0. The van der Waals surface area contributed by atoms with E-state index in [-0.39, 0.29) is 10.8 Å². The summed E-state index contributed by atoms with van der Waals surface area (Å²) in [6, 6.07) is 12.2. The van der Waals surface area contributed by atoms with E-state index in [1.54, 1.807) is 25.1 Å². The van der Waals surface area contributed by atoms with Crippen molar-refractivity contribution in [2.24, 2.45) is 0 Å². The van der Waals surface area contributed by atoms with E-state index >= 15 is 0 Å². The van der Waals surface area contributed by atoms with Gasteiger partial charge in [0, 0.05) is 23.9 Å². The molecule has 3 N–H and O–H groups in total. The number of carbonyl (C=O) groups excluding carboxylic acids is 1. The molecule has 136 valence electrons. The Morgan fingerprint density at radius 2 is 1.73 bits per heavy atom. The van der Waals surface area contributed by atoms with E-state index in [1.165, 1.54) is 36.4 Å². The van der Waals surface area contributed by atoms with Crippen molar-refractivity contribution in [2.75, 3.05) is 10.0 Å². The summed E-state index contributed by atoms with van der Waals surface area (Å²) in [6.45, 7) is 1.73. The largest absolute Gasteiger partial charge is 0.478 e. The molecule has 26 heavy (non-hydrogen) atoms. The molecule has 2 aromatic rings. The molecule has 0 aliphatic carbocycles. The molecule has 0 aliphatic heterocycles. The number of rotatable bonds is 7. The highest BCUT2D eigenvalue weighted by atomic mass is 32.2. The molecule has 2 aromatic carbocycles. The van der Waals surface area contributed by atoms with Crippen LogP contribution in [0.4, 0.5) is 11.4 Å². The van der Waals surface area contributed by atoms with Gasteiger partial charge in [-0.15, -0.1) is 0 Å². The molecule has 0 unspecified atom stereocenters. The van der Waals surface area contributed by atoms with Crippen LogP contribution in [0.15, 0.2) is 59.5 Å². The van der Waals surface area contributed by atoms with E-state index < -0.39 is 16.0 Å². The van der Waals surface area contributed by atoms with Crippen LogP contribution in [0.5, 0.6) is 0 Å². The highest BCUT2D eigenvalue weighted by Crippen LogP contribution is 2.19. The van der Waals surface area contributed by atoms with Crippen molar-refractivity contribution in [3.8, 4) is 0 Å². The van der Waals surface area contributed by atoms with Crippen molar-refractivity contribution in [3.63, 3.8) is 0 Å². The van der Waals surface area contributed by atoms with Gasteiger partial charge in [0.1, 0.15) is 0 Å². The number of nitrogens with one attached hydrogen (secondary N) is 2. The number of benzene rings is 2. The van der Waals surface area contributed by atoms with Crippen molar-refractivity contribution in [3.05, 3.63) is 60.2 Å². The Morgan fingerprint density at radius 3 is 2.35 bits per heavy atom. The average Bonchev–Trinajstić information content (AvgIpc) is 2.61. The van der Waals surface area contributed by atoms with E-state index in [1.807, 2.05) is 0 Å². The lowest BCUT2D eigenvalue weighted by atomic mass is 10.2. The molecular weight excluding hydrogens is 356 g/mol. The van der Waals surface area contributed by atoms with Crippen LogP contribution in [0, 0.1) is 0 Å². The Bertz CT molecular complexity index is 934. The predicted octanol–water partition coefficient (Wildman–Crippen LogP) is 2.93. The van der Waals surface area contributed by atoms with Crippen LogP contribution in [-0.4, -0.2) is 25.4 Å². The van der Waals surface area contributed by atoms with Gasteiger partial charge in [0.15, 0.2) is 0 Å². The van der Waals surface area contributed by atoms with Crippen molar-refractivity contribution in [1.82, 2.24) is 0 Å². The zero-order chi connectivity index (χ0) is 19.2. The molecule has 0 atom stereocenters. The number of carbonyl (C=O) groups is 2. The summed E-state index contributed by atoms with van der Waals surface area (Å²) in [5, 5.41) is 11.3. The summed E-state index contributed by atoms with van der Waals surface area (Å²) in [7, 11) is -3.83. The number of hydrogen-bond donors (Lipinski definition) is 3. The van der Waals surface area contributed by atoms with Gasteiger partial charge in [-0.2, -0.15) is 0 Å². The smallest absolute Gasteiger partial charge is 0.328 e. The lowest BCUT2D eigenvalue weighted by molar-refractivity contribution is -0.131. The van der Waals surface area contributed by atoms with Gasteiger partial charge in [0.2, 0.25) is 5.91 Å². The molecule has 0 saturated heterocycles. The standard InChI is InChI=1S/C18H18N2O5S/c1-2-17(21)19-14-7-9-15(10-8-14)20-26(24,25)16-5-3-4-13(12-16)6-11-18(22)23/h3-12,20H,2H2,1H3,(H,19,21)(H,22,23)/b11-6+. The Kier molecular flexibility index (Phi) is 6.13.